The summed E-state index contributed by atoms with van der Waals surface area (Å²) in [5, 5.41) is 8.90. The maximum Gasteiger partial charge on any atom is 0.308 e. The average molecular weight is 193 g/mol. The molecule has 0 unspecified atom stereocenters. The summed E-state index contributed by atoms with van der Waals surface area (Å²) in [4.78, 5) is 10.8. The highest BCUT2D eigenvalue weighted by Gasteiger charge is 2.33. The zero-order chi connectivity index (χ0) is 10.8. The first-order chi connectivity index (χ1) is 6.46. The third-order valence-corrected chi connectivity index (χ3v) is 2.67. The molecule has 3 N–H and O–H groups in total. The van der Waals surface area contributed by atoms with Crippen molar-refractivity contribution in [2.24, 2.45) is 11.7 Å². The Bertz CT molecular complexity index is 319. The number of carbonyl (C=O) groups is 1. The molecular formula is C11H15NO2. The van der Waals surface area contributed by atoms with Gasteiger partial charge in [-0.25, -0.2) is 0 Å². The van der Waals surface area contributed by atoms with Crippen molar-refractivity contribution >= 4 is 5.97 Å². The fourth-order valence-corrected chi connectivity index (χ4v) is 1.30. The van der Waals surface area contributed by atoms with Crippen LogP contribution in [0, 0.1) is 5.92 Å². The lowest BCUT2D eigenvalue weighted by molar-refractivity contribution is -0.143. The molecule has 0 aliphatic carbocycles. The third kappa shape index (κ3) is 1.93. The maximum absolute atomic E-state index is 10.8. The summed E-state index contributed by atoms with van der Waals surface area (Å²) in [6.45, 7) is 3.36. The normalized spacial score (nSPS) is 17.1. The number of hydrogen-bond acceptors (Lipinski definition) is 2. The standard InChI is InChI=1S/C11H15NO2/c1-8(10(13)14)11(2,12)9-6-4-3-5-7-9/h3-8H,12H2,1-2H3,(H,13,14)/t8-,11-/m1/s1. The molecular weight excluding hydrogens is 178 g/mol. The van der Waals surface area contributed by atoms with Gasteiger partial charge in [0.2, 0.25) is 0 Å². The summed E-state index contributed by atoms with van der Waals surface area (Å²) in [6, 6.07) is 9.29. The topological polar surface area (TPSA) is 63.3 Å². The smallest absolute Gasteiger partial charge is 0.308 e. The van der Waals surface area contributed by atoms with Crippen LogP contribution in [0.4, 0.5) is 0 Å². The van der Waals surface area contributed by atoms with Crippen LogP contribution < -0.4 is 5.73 Å². The molecule has 2 atom stereocenters. The largest absolute Gasteiger partial charge is 0.481 e. The molecule has 0 fully saturated rings. The zero-order valence-electron chi connectivity index (χ0n) is 8.40. The number of rotatable bonds is 3. The van der Waals surface area contributed by atoms with E-state index in [1.165, 1.54) is 0 Å². The number of aliphatic carboxylic acids is 1. The van der Waals surface area contributed by atoms with Gasteiger partial charge in [0.05, 0.1) is 11.5 Å². The number of nitrogens with two attached hydrogens (primary N) is 1. The van der Waals surface area contributed by atoms with Gasteiger partial charge in [-0.2, -0.15) is 0 Å². The third-order valence-electron chi connectivity index (χ3n) is 2.67. The molecule has 0 aromatic heterocycles. The lowest BCUT2D eigenvalue weighted by Crippen LogP contribution is -2.43. The molecule has 1 aromatic carbocycles. The van der Waals surface area contributed by atoms with Gasteiger partial charge in [0, 0.05) is 0 Å². The van der Waals surface area contributed by atoms with Gasteiger partial charge >= 0.3 is 5.97 Å². The van der Waals surface area contributed by atoms with E-state index >= 15 is 0 Å². The van der Waals surface area contributed by atoms with Gasteiger partial charge in [0.1, 0.15) is 0 Å². The zero-order valence-corrected chi connectivity index (χ0v) is 8.40. The summed E-state index contributed by atoms with van der Waals surface area (Å²) in [7, 11) is 0. The molecule has 0 spiro atoms. The average Bonchev–Trinajstić information content (AvgIpc) is 2.18. The van der Waals surface area contributed by atoms with Gasteiger partial charge in [-0.05, 0) is 19.4 Å². The van der Waals surface area contributed by atoms with Crippen molar-refractivity contribution in [3.63, 3.8) is 0 Å². The van der Waals surface area contributed by atoms with E-state index in [9.17, 15) is 4.79 Å². The van der Waals surface area contributed by atoms with Crippen molar-refractivity contribution in [2.75, 3.05) is 0 Å². The number of carboxylic acid groups (broad SMARTS) is 1. The van der Waals surface area contributed by atoms with E-state index in [2.05, 4.69) is 0 Å². The molecule has 0 heterocycles. The van der Waals surface area contributed by atoms with Crippen LogP contribution in [0.5, 0.6) is 0 Å². The lowest BCUT2D eigenvalue weighted by Gasteiger charge is -2.29. The van der Waals surface area contributed by atoms with Crippen molar-refractivity contribution in [1.82, 2.24) is 0 Å². The maximum atomic E-state index is 10.8. The first-order valence-electron chi connectivity index (χ1n) is 4.53. The van der Waals surface area contributed by atoms with Crippen LogP contribution in [-0.4, -0.2) is 11.1 Å². The fourth-order valence-electron chi connectivity index (χ4n) is 1.30. The van der Waals surface area contributed by atoms with Crippen LogP contribution in [0.15, 0.2) is 30.3 Å². The molecule has 76 valence electrons. The van der Waals surface area contributed by atoms with E-state index in [1.807, 2.05) is 30.3 Å². The molecule has 0 amide bonds. The van der Waals surface area contributed by atoms with Crippen LogP contribution in [-0.2, 0) is 10.3 Å². The van der Waals surface area contributed by atoms with Crippen LogP contribution >= 0.6 is 0 Å². The number of hydrogen-bond donors (Lipinski definition) is 2. The summed E-state index contributed by atoms with van der Waals surface area (Å²) in [5.74, 6) is -1.48. The second-order valence-corrected chi connectivity index (χ2v) is 3.71. The second kappa shape index (κ2) is 3.80. The highest BCUT2D eigenvalue weighted by Crippen LogP contribution is 2.26. The van der Waals surface area contributed by atoms with E-state index in [4.69, 9.17) is 10.8 Å². The number of carboxylic acids is 1. The lowest BCUT2D eigenvalue weighted by atomic mass is 9.82. The Morgan fingerprint density at radius 1 is 1.43 bits per heavy atom. The molecule has 3 heteroatoms. The van der Waals surface area contributed by atoms with E-state index in [1.54, 1.807) is 13.8 Å². The minimum absolute atomic E-state index is 0.607. The van der Waals surface area contributed by atoms with Crippen molar-refractivity contribution < 1.29 is 9.90 Å². The Hall–Kier alpha value is -1.35. The quantitative estimate of drug-likeness (QED) is 0.766. The van der Waals surface area contributed by atoms with E-state index in [-0.39, 0.29) is 0 Å². The Kier molecular flexibility index (Phi) is 2.91. The van der Waals surface area contributed by atoms with Gasteiger partial charge in [0.25, 0.3) is 0 Å². The van der Waals surface area contributed by atoms with Crippen molar-refractivity contribution in [2.45, 2.75) is 19.4 Å². The van der Waals surface area contributed by atoms with Gasteiger partial charge in [-0.1, -0.05) is 30.3 Å². The molecule has 0 aliphatic rings. The first kappa shape index (κ1) is 10.7. The van der Waals surface area contributed by atoms with Crippen molar-refractivity contribution in [3.05, 3.63) is 35.9 Å². The predicted molar refractivity (Wildman–Crippen MR) is 54.8 cm³/mol. The van der Waals surface area contributed by atoms with Gasteiger partial charge in [-0.3, -0.25) is 4.79 Å². The summed E-state index contributed by atoms with van der Waals surface area (Å²) < 4.78 is 0. The first-order valence-corrected chi connectivity index (χ1v) is 4.53. The highest BCUT2D eigenvalue weighted by atomic mass is 16.4. The van der Waals surface area contributed by atoms with Gasteiger partial charge in [-0.15, -0.1) is 0 Å². The number of benzene rings is 1. The van der Waals surface area contributed by atoms with Crippen LogP contribution in [0.25, 0.3) is 0 Å². The summed E-state index contributed by atoms with van der Waals surface area (Å²) >= 11 is 0. The molecule has 0 bridgehead atoms. The second-order valence-electron chi connectivity index (χ2n) is 3.71. The van der Waals surface area contributed by atoms with E-state index in [0.717, 1.165) is 5.56 Å². The Balaban J connectivity index is 3.02. The van der Waals surface area contributed by atoms with E-state index < -0.39 is 17.4 Å². The molecule has 1 aromatic rings. The molecule has 0 aliphatic heterocycles. The molecule has 3 nitrogen and oxygen atoms in total. The predicted octanol–water partition coefficient (Wildman–Crippen LogP) is 1.58. The van der Waals surface area contributed by atoms with Crippen molar-refractivity contribution in [3.8, 4) is 0 Å². The summed E-state index contributed by atoms with van der Waals surface area (Å²) in [6.07, 6.45) is 0. The van der Waals surface area contributed by atoms with E-state index in [0.29, 0.717) is 0 Å². The molecule has 1 rings (SSSR count). The van der Waals surface area contributed by atoms with Crippen LogP contribution in [0.3, 0.4) is 0 Å². The SMILES string of the molecule is C[C@H](C(=O)O)[C@@](C)(N)c1ccccc1. The Morgan fingerprint density at radius 2 is 1.93 bits per heavy atom. The summed E-state index contributed by atoms with van der Waals surface area (Å²) in [5.41, 5.74) is 6.02. The molecule has 14 heavy (non-hydrogen) atoms. The Labute approximate surface area is 83.6 Å². The Morgan fingerprint density at radius 3 is 2.36 bits per heavy atom. The van der Waals surface area contributed by atoms with Gasteiger partial charge in [0.15, 0.2) is 0 Å². The van der Waals surface area contributed by atoms with Crippen molar-refractivity contribution in [1.29, 1.82) is 0 Å². The highest BCUT2D eigenvalue weighted by molar-refractivity contribution is 5.71. The minimum atomic E-state index is -0.876. The molecule has 0 saturated heterocycles. The van der Waals surface area contributed by atoms with Crippen LogP contribution in [0.2, 0.25) is 0 Å². The minimum Gasteiger partial charge on any atom is -0.481 e. The molecule has 0 saturated carbocycles. The monoisotopic (exact) mass is 193 g/mol. The molecule has 0 radical (unpaired) electrons. The van der Waals surface area contributed by atoms with Gasteiger partial charge < -0.3 is 10.8 Å². The van der Waals surface area contributed by atoms with Crippen LogP contribution in [0.1, 0.15) is 19.4 Å². The fraction of sp³-hybridized carbons (Fsp3) is 0.364.